The molecule has 2 aliphatic heterocycles. The Morgan fingerprint density at radius 3 is 2.21 bits per heavy atom. The minimum atomic E-state index is -3.01. The molecular weight excluding hydrogens is 378 g/mol. The molecule has 3 fully saturated rings. The minimum absolute atomic E-state index is 0.0299. The molecule has 1 atom stereocenters. The lowest BCUT2D eigenvalue weighted by Crippen LogP contribution is -2.53. The summed E-state index contributed by atoms with van der Waals surface area (Å²) in [5, 5.41) is 0. The molecule has 7 nitrogen and oxygen atoms in total. The zero-order valence-corrected chi connectivity index (χ0v) is 16.8. The Morgan fingerprint density at radius 1 is 0.964 bits per heavy atom. The Labute approximate surface area is 166 Å². The van der Waals surface area contributed by atoms with E-state index in [1.165, 1.54) is 0 Å². The fraction of sp³-hybridized carbons (Fsp3) is 0.600. The van der Waals surface area contributed by atoms with Crippen molar-refractivity contribution in [2.75, 3.05) is 44.2 Å². The van der Waals surface area contributed by atoms with Gasteiger partial charge < -0.3 is 9.80 Å². The average molecular weight is 406 g/mol. The molecule has 2 heterocycles. The van der Waals surface area contributed by atoms with Crippen LogP contribution in [0.2, 0.25) is 0 Å². The highest BCUT2D eigenvalue weighted by Crippen LogP contribution is 2.32. The van der Waals surface area contributed by atoms with Crippen molar-refractivity contribution in [3.8, 4) is 0 Å². The van der Waals surface area contributed by atoms with Crippen LogP contribution < -0.4 is 0 Å². The maximum absolute atomic E-state index is 12.9. The van der Waals surface area contributed by atoms with Gasteiger partial charge in [-0.2, -0.15) is 0 Å². The van der Waals surface area contributed by atoms with Crippen LogP contribution in [-0.2, 0) is 14.6 Å². The second-order valence-corrected chi connectivity index (χ2v) is 10.3. The van der Waals surface area contributed by atoms with Crippen molar-refractivity contribution >= 4 is 21.7 Å². The molecule has 1 saturated carbocycles. The van der Waals surface area contributed by atoms with Crippen LogP contribution in [-0.4, -0.2) is 91.2 Å². The van der Waals surface area contributed by atoms with E-state index in [-0.39, 0.29) is 35.4 Å². The molecule has 28 heavy (non-hydrogen) atoms. The van der Waals surface area contributed by atoms with E-state index in [2.05, 4.69) is 4.90 Å². The first-order chi connectivity index (χ1) is 13.4. The van der Waals surface area contributed by atoms with Crippen LogP contribution in [0.5, 0.6) is 0 Å². The number of amides is 2. The third-order valence-corrected chi connectivity index (χ3v) is 7.62. The number of carbonyl (C=O) groups is 2. The van der Waals surface area contributed by atoms with Gasteiger partial charge in [-0.15, -0.1) is 0 Å². The predicted octanol–water partition coefficient (Wildman–Crippen LogP) is 0.623. The standard InChI is InChI=1S/C20H27N3O4S/c24-19(23(17-6-7-17)18-8-13-28(26,27)15-18)14-21-9-11-22(12-10-21)20(25)16-4-2-1-3-5-16/h1-5,17-18H,6-15H2/t18-/m1/s1. The van der Waals surface area contributed by atoms with Gasteiger partial charge in [-0.25, -0.2) is 8.42 Å². The van der Waals surface area contributed by atoms with Crippen molar-refractivity contribution in [1.29, 1.82) is 0 Å². The number of hydrogen-bond donors (Lipinski definition) is 0. The predicted molar refractivity (Wildman–Crippen MR) is 106 cm³/mol. The fourth-order valence-electron chi connectivity index (χ4n) is 4.20. The molecule has 152 valence electrons. The van der Waals surface area contributed by atoms with E-state index in [9.17, 15) is 18.0 Å². The van der Waals surface area contributed by atoms with Crippen molar-refractivity contribution in [2.24, 2.45) is 0 Å². The van der Waals surface area contributed by atoms with E-state index in [4.69, 9.17) is 0 Å². The number of benzene rings is 1. The molecule has 1 aliphatic carbocycles. The van der Waals surface area contributed by atoms with Crippen molar-refractivity contribution in [3.63, 3.8) is 0 Å². The van der Waals surface area contributed by atoms with Crippen molar-refractivity contribution in [2.45, 2.75) is 31.3 Å². The molecule has 0 spiro atoms. The summed E-state index contributed by atoms with van der Waals surface area (Å²) >= 11 is 0. The summed E-state index contributed by atoms with van der Waals surface area (Å²) in [5.41, 5.74) is 0.689. The van der Waals surface area contributed by atoms with Gasteiger partial charge in [0.05, 0.1) is 18.1 Å². The molecule has 3 aliphatic rings. The van der Waals surface area contributed by atoms with Gasteiger partial charge in [0.1, 0.15) is 0 Å². The minimum Gasteiger partial charge on any atom is -0.336 e. The van der Waals surface area contributed by atoms with E-state index in [0.29, 0.717) is 44.7 Å². The topological polar surface area (TPSA) is 78.0 Å². The van der Waals surface area contributed by atoms with Crippen LogP contribution in [0.1, 0.15) is 29.6 Å². The average Bonchev–Trinajstić information content (AvgIpc) is 3.45. The first kappa shape index (κ1) is 19.4. The largest absolute Gasteiger partial charge is 0.336 e. The normalized spacial score (nSPS) is 24.9. The monoisotopic (exact) mass is 405 g/mol. The molecule has 2 amide bonds. The molecule has 1 aromatic rings. The third-order valence-electron chi connectivity index (χ3n) is 5.87. The highest BCUT2D eigenvalue weighted by molar-refractivity contribution is 7.91. The van der Waals surface area contributed by atoms with E-state index >= 15 is 0 Å². The lowest BCUT2D eigenvalue weighted by Gasteiger charge is -2.36. The van der Waals surface area contributed by atoms with Crippen molar-refractivity contribution in [1.82, 2.24) is 14.7 Å². The van der Waals surface area contributed by atoms with Gasteiger partial charge in [0.15, 0.2) is 9.84 Å². The number of sulfone groups is 1. The second kappa shape index (κ2) is 7.83. The number of hydrogen-bond acceptors (Lipinski definition) is 5. The lowest BCUT2D eigenvalue weighted by atomic mass is 10.1. The van der Waals surface area contributed by atoms with Gasteiger partial charge in [-0.3, -0.25) is 14.5 Å². The first-order valence-electron chi connectivity index (χ1n) is 10.0. The molecule has 8 heteroatoms. The zero-order chi connectivity index (χ0) is 19.7. The second-order valence-electron chi connectivity index (χ2n) is 8.02. The van der Waals surface area contributed by atoms with Gasteiger partial charge in [0.2, 0.25) is 5.91 Å². The molecule has 1 aromatic carbocycles. The van der Waals surface area contributed by atoms with Gasteiger partial charge in [-0.1, -0.05) is 18.2 Å². The summed E-state index contributed by atoms with van der Waals surface area (Å²) in [6.07, 6.45) is 2.51. The molecule has 0 aromatic heterocycles. The van der Waals surface area contributed by atoms with Crippen molar-refractivity contribution < 1.29 is 18.0 Å². The van der Waals surface area contributed by atoms with Gasteiger partial charge >= 0.3 is 0 Å². The van der Waals surface area contributed by atoms with E-state index in [1.54, 1.807) is 0 Å². The van der Waals surface area contributed by atoms with Crippen LogP contribution in [0.4, 0.5) is 0 Å². The van der Waals surface area contributed by atoms with Gasteiger partial charge in [-0.05, 0) is 31.4 Å². The Kier molecular flexibility index (Phi) is 5.42. The fourth-order valence-corrected chi connectivity index (χ4v) is 5.91. The Balaban J connectivity index is 1.31. The van der Waals surface area contributed by atoms with Crippen molar-refractivity contribution in [3.05, 3.63) is 35.9 Å². The SMILES string of the molecule is O=C(c1ccccc1)N1CCN(CC(=O)N(C2CC2)[C@@H]2CCS(=O)(=O)C2)CC1. The summed E-state index contributed by atoms with van der Waals surface area (Å²) in [6.45, 7) is 2.82. The van der Waals surface area contributed by atoms with Gasteiger partial charge in [0.25, 0.3) is 5.91 Å². The Bertz CT molecular complexity index is 830. The zero-order valence-electron chi connectivity index (χ0n) is 16.0. The number of piperazine rings is 1. The molecule has 0 bridgehead atoms. The smallest absolute Gasteiger partial charge is 0.253 e. The van der Waals surface area contributed by atoms with E-state index in [0.717, 1.165) is 12.8 Å². The number of nitrogens with zero attached hydrogens (tertiary/aromatic N) is 3. The summed E-state index contributed by atoms with van der Waals surface area (Å²) in [7, 11) is -3.01. The highest BCUT2D eigenvalue weighted by Gasteiger charge is 2.42. The van der Waals surface area contributed by atoms with Crippen LogP contribution in [0.25, 0.3) is 0 Å². The maximum atomic E-state index is 12.9. The molecule has 0 N–H and O–H groups in total. The van der Waals surface area contributed by atoms with E-state index < -0.39 is 9.84 Å². The Hall–Kier alpha value is -1.93. The summed E-state index contributed by atoms with van der Waals surface area (Å²) in [6, 6.07) is 9.30. The summed E-state index contributed by atoms with van der Waals surface area (Å²) < 4.78 is 23.7. The molecule has 4 rings (SSSR count). The molecule has 0 radical (unpaired) electrons. The van der Waals surface area contributed by atoms with Crippen LogP contribution in [0, 0.1) is 0 Å². The van der Waals surface area contributed by atoms with Crippen LogP contribution in [0.3, 0.4) is 0 Å². The molecular formula is C20H27N3O4S. The van der Waals surface area contributed by atoms with Crippen LogP contribution in [0.15, 0.2) is 30.3 Å². The maximum Gasteiger partial charge on any atom is 0.253 e. The van der Waals surface area contributed by atoms with Gasteiger partial charge in [0, 0.05) is 43.8 Å². The molecule has 0 unspecified atom stereocenters. The highest BCUT2D eigenvalue weighted by atomic mass is 32.2. The third kappa shape index (κ3) is 4.38. The lowest BCUT2D eigenvalue weighted by molar-refractivity contribution is -0.135. The quantitative estimate of drug-likeness (QED) is 0.718. The molecule has 2 saturated heterocycles. The summed E-state index contributed by atoms with van der Waals surface area (Å²) in [5.74, 6) is 0.359. The Morgan fingerprint density at radius 2 is 1.64 bits per heavy atom. The number of carbonyl (C=O) groups excluding carboxylic acids is 2. The first-order valence-corrected chi connectivity index (χ1v) is 11.8. The van der Waals surface area contributed by atoms with Crippen LogP contribution >= 0.6 is 0 Å². The summed E-state index contributed by atoms with van der Waals surface area (Å²) in [4.78, 5) is 31.2. The van der Waals surface area contributed by atoms with E-state index in [1.807, 2.05) is 40.1 Å². The number of rotatable bonds is 5.